The van der Waals surface area contributed by atoms with Crippen molar-refractivity contribution in [3.8, 4) is 11.5 Å². The molecule has 1 heterocycles. The van der Waals surface area contributed by atoms with Gasteiger partial charge in [-0.25, -0.2) is 0 Å². The molecule has 0 bridgehead atoms. The second kappa shape index (κ2) is 7.89. The molecule has 1 amide bonds. The number of halogens is 1. The zero-order valence-corrected chi connectivity index (χ0v) is 12.8. The number of carbonyl (C=O) groups excluding carboxylic acids is 1. The van der Waals surface area contributed by atoms with E-state index in [9.17, 15) is 9.59 Å². The first kappa shape index (κ1) is 16.4. The number of nitrogens with one attached hydrogen (secondary N) is 1. The monoisotopic (exact) mass is 327 g/mol. The zero-order chi connectivity index (χ0) is 15.9. The van der Waals surface area contributed by atoms with Crippen LogP contribution < -0.4 is 14.8 Å². The molecule has 6 nitrogen and oxygen atoms in total. The number of ether oxygens (including phenoxy) is 2. The van der Waals surface area contributed by atoms with E-state index in [-0.39, 0.29) is 19.1 Å². The lowest BCUT2D eigenvalue weighted by Crippen LogP contribution is -2.24. The smallest absolute Gasteiger partial charge is 0.303 e. The molecule has 1 aromatic rings. The van der Waals surface area contributed by atoms with Gasteiger partial charge in [0.2, 0.25) is 6.79 Å². The maximum absolute atomic E-state index is 12.0. The minimum Gasteiger partial charge on any atom is -0.481 e. The maximum Gasteiger partial charge on any atom is 0.303 e. The average Bonchev–Trinajstić information content (AvgIpc) is 2.94. The molecule has 120 valence electrons. The molecule has 2 rings (SSSR count). The van der Waals surface area contributed by atoms with Gasteiger partial charge < -0.3 is 19.9 Å². The topological polar surface area (TPSA) is 84.9 Å². The molecule has 0 saturated heterocycles. The molecule has 7 heteroatoms. The molecule has 0 aliphatic carbocycles. The molecule has 0 spiro atoms. The van der Waals surface area contributed by atoms with E-state index in [1.54, 1.807) is 12.1 Å². The first-order valence-electron chi connectivity index (χ1n) is 7.17. The molecule has 1 aliphatic rings. The van der Waals surface area contributed by atoms with Crippen LogP contribution in [0.5, 0.6) is 11.5 Å². The highest BCUT2D eigenvalue weighted by atomic mass is 35.5. The van der Waals surface area contributed by atoms with Gasteiger partial charge in [-0.1, -0.05) is 24.4 Å². The molecule has 0 aromatic heterocycles. The number of carbonyl (C=O) groups is 2. The third kappa shape index (κ3) is 4.53. The van der Waals surface area contributed by atoms with Crippen LogP contribution in [0.2, 0.25) is 5.02 Å². The van der Waals surface area contributed by atoms with Gasteiger partial charge in [0.1, 0.15) is 0 Å². The summed E-state index contributed by atoms with van der Waals surface area (Å²) in [5.74, 6) is -0.0401. The molecule has 0 saturated carbocycles. The van der Waals surface area contributed by atoms with Crippen molar-refractivity contribution < 1.29 is 24.2 Å². The highest BCUT2D eigenvalue weighted by molar-refractivity contribution is 6.32. The Hall–Kier alpha value is -1.95. The number of rotatable bonds is 8. The Morgan fingerprint density at radius 3 is 2.73 bits per heavy atom. The van der Waals surface area contributed by atoms with E-state index >= 15 is 0 Å². The lowest BCUT2D eigenvalue weighted by atomic mass is 10.1. The summed E-state index contributed by atoms with van der Waals surface area (Å²) in [4.78, 5) is 22.4. The number of fused-ring (bicyclic) bond motifs is 1. The summed E-state index contributed by atoms with van der Waals surface area (Å²) in [7, 11) is 0. The normalized spacial score (nSPS) is 12.2. The lowest BCUT2D eigenvalue weighted by Gasteiger charge is -2.07. The average molecular weight is 328 g/mol. The van der Waals surface area contributed by atoms with E-state index in [1.165, 1.54) is 0 Å². The van der Waals surface area contributed by atoms with Gasteiger partial charge in [-0.2, -0.15) is 0 Å². The Morgan fingerprint density at radius 2 is 1.95 bits per heavy atom. The number of aliphatic carboxylic acids is 1. The van der Waals surface area contributed by atoms with Crippen molar-refractivity contribution in [2.75, 3.05) is 13.3 Å². The Kier molecular flexibility index (Phi) is 5.89. The number of carboxylic acids is 1. The predicted octanol–water partition coefficient (Wildman–Crippen LogP) is 2.83. The summed E-state index contributed by atoms with van der Waals surface area (Å²) in [5.41, 5.74) is 0.431. The fraction of sp³-hybridized carbons (Fsp3) is 0.467. The largest absolute Gasteiger partial charge is 0.481 e. The van der Waals surface area contributed by atoms with Crippen molar-refractivity contribution in [1.82, 2.24) is 5.32 Å². The van der Waals surface area contributed by atoms with Crippen molar-refractivity contribution in [2.24, 2.45) is 0 Å². The van der Waals surface area contributed by atoms with Crippen molar-refractivity contribution in [1.29, 1.82) is 0 Å². The molecule has 22 heavy (non-hydrogen) atoms. The first-order chi connectivity index (χ1) is 10.6. The van der Waals surface area contributed by atoms with Crippen LogP contribution in [0, 0.1) is 0 Å². The van der Waals surface area contributed by atoms with Crippen LogP contribution in [-0.4, -0.2) is 30.3 Å². The van der Waals surface area contributed by atoms with E-state index in [0.717, 1.165) is 19.3 Å². The van der Waals surface area contributed by atoms with Crippen LogP contribution in [0.4, 0.5) is 0 Å². The third-order valence-corrected chi connectivity index (χ3v) is 3.57. The van der Waals surface area contributed by atoms with Gasteiger partial charge in [0.05, 0.1) is 5.02 Å². The summed E-state index contributed by atoms with van der Waals surface area (Å²) >= 11 is 6.03. The molecular weight excluding hydrogens is 310 g/mol. The first-order valence-corrected chi connectivity index (χ1v) is 7.55. The van der Waals surface area contributed by atoms with Crippen molar-refractivity contribution in [3.63, 3.8) is 0 Å². The molecule has 0 unspecified atom stereocenters. The van der Waals surface area contributed by atoms with E-state index in [2.05, 4.69) is 5.32 Å². The molecular formula is C15H18ClNO5. The van der Waals surface area contributed by atoms with Gasteiger partial charge in [0, 0.05) is 18.5 Å². The summed E-state index contributed by atoms with van der Waals surface area (Å²) < 4.78 is 10.4. The fourth-order valence-electron chi connectivity index (χ4n) is 2.16. The van der Waals surface area contributed by atoms with Gasteiger partial charge in [-0.05, 0) is 25.0 Å². The van der Waals surface area contributed by atoms with Crippen LogP contribution in [0.15, 0.2) is 12.1 Å². The number of benzene rings is 1. The fourth-order valence-corrected chi connectivity index (χ4v) is 2.42. The van der Waals surface area contributed by atoms with Crippen LogP contribution >= 0.6 is 11.6 Å². The molecule has 0 radical (unpaired) electrons. The number of hydrogen-bond acceptors (Lipinski definition) is 4. The lowest BCUT2D eigenvalue weighted by molar-refractivity contribution is -0.137. The maximum atomic E-state index is 12.0. The highest BCUT2D eigenvalue weighted by Crippen LogP contribution is 2.39. The minimum atomic E-state index is -0.770. The summed E-state index contributed by atoms with van der Waals surface area (Å²) in [5, 5.41) is 11.7. The number of hydrogen-bond donors (Lipinski definition) is 2. The van der Waals surface area contributed by atoms with E-state index in [1.807, 2.05) is 0 Å². The Bertz CT molecular complexity index is 561. The Labute approximate surface area is 133 Å². The third-order valence-electron chi connectivity index (χ3n) is 3.29. The van der Waals surface area contributed by atoms with Gasteiger partial charge in [-0.3, -0.25) is 9.59 Å². The minimum absolute atomic E-state index is 0.108. The van der Waals surface area contributed by atoms with E-state index < -0.39 is 5.97 Å². The van der Waals surface area contributed by atoms with Crippen LogP contribution in [0.3, 0.4) is 0 Å². The van der Waals surface area contributed by atoms with Crippen LogP contribution in [-0.2, 0) is 4.79 Å². The molecule has 1 aromatic carbocycles. The van der Waals surface area contributed by atoms with Crippen molar-refractivity contribution >= 4 is 23.5 Å². The Balaban J connectivity index is 1.72. The van der Waals surface area contributed by atoms with E-state index in [0.29, 0.717) is 35.1 Å². The molecule has 2 N–H and O–H groups in total. The van der Waals surface area contributed by atoms with Gasteiger partial charge in [-0.15, -0.1) is 0 Å². The summed E-state index contributed by atoms with van der Waals surface area (Å²) in [6.07, 6.45) is 3.40. The second-order valence-corrected chi connectivity index (χ2v) is 5.41. The number of carboxylic acid groups (broad SMARTS) is 1. The summed E-state index contributed by atoms with van der Waals surface area (Å²) in [6, 6.07) is 3.16. The predicted molar refractivity (Wildman–Crippen MR) is 80.6 cm³/mol. The standard InChI is InChI=1S/C15H18ClNO5/c16-11-7-10(8-12-14(11)22-9-21-12)15(20)17-6-4-2-1-3-5-13(18)19/h7-8H,1-6,9H2,(H,17,20)(H,18,19). The quantitative estimate of drug-likeness (QED) is 0.717. The van der Waals surface area contributed by atoms with Crippen LogP contribution in [0.1, 0.15) is 42.5 Å². The van der Waals surface area contributed by atoms with Crippen molar-refractivity contribution in [3.05, 3.63) is 22.7 Å². The van der Waals surface area contributed by atoms with E-state index in [4.69, 9.17) is 26.2 Å². The zero-order valence-electron chi connectivity index (χ0n) is 12.1. The second-order valence-electron chi connectivity index (χ2n) is 5.01. The molecule has 0 fully saturated rings. The van der Waals surface area contributed by atoms with Crippen LogP contribution in [0.25, 0.3) is 0 Å². The number of amides is 1. The highest BCUT2D eigenvalue weighted by Gasteiger charge is 2.20. The molecule has 1 aliphatic heterocycles. The van der Waals surface area contributed by atoms with Gasteiger partial charge >= 0.3 is 5.97 Å². The van der Waals surface area contributed by atoms with Gasteiger partial charge in [0.15, 0.2) is 11.5 Å². The summed E-state index contributed by atoms with van der Waals surface area (Å²) in [6.45, 7) is 0.647. The SMILES string of the molecule is O=C(O)CCCCCCNC(=O)c1cc(Cl)c2c(c1)OCO2. The molecule has 0 atom stereocenters. The van der Waals surface area contributed by atoms with Gasteiger partial charge in [0.25, 0.3) is 5.91 Å². The van der Waals surface area contributed by atoms with Crippen molar-refractivity contribution in [2.45, 2.75) is 32.1 Å². The Morgan fingerprint density at radius 1 is 1.18 bits per heavy atom. The number of unbranched alkanes of at least 4 members (excludes halogenated alkanes) is 3.